The SMILES string of the molecule is CCCCOC(=O)NC(C(=O)OC)[C@H](NC(=O)CC1CC(c2ccc(C(=N)N)cc2)=NO1)NC(=O)c1[nH]c2ccccc2c1CO. The van der Waals surface area contributed by atoms with E-state index < -0.39 is 48.8 Å². The van der Waals surface area contributed by atoms with Gasteiger partial charge < -0.3 is 46.1 Å². The number of methoxy groups -OCH3 is 1. The molecule has 1 aromatic heterocycles. The molecule has 15 heteroatoms. The van der Waals surface area contributed by atoms with Crippen molar-refractivity contribution in [2.45, 2.75) is 57.5 Å². The number of hydrogen-bond acceptors (Lipinski definition) is 10. The number of aromatic nitrogens is 1. The smallest absolute Gasteiger partial charge is 0.407 e. The van der Waals surface area contributed by atoms with Crippen molar-refractivity contribution in [3.8, 4) is 0 Å². The number of nitrogen functional groups attached to an aromatic ring is 1. The largest absolute Gasteiger partial charge is 0.467 e. The van der Waals surface area contributed by atoms with Crippen LogP contribution in [-0.4, -0.2) is 77.5 Å². The molecule has 15 nitrogen and oxygen atoms in total. The number of para-hydroxylation sites is 1. The maximum Gasteiger partial charge on any atom is 0.407 e. The first-order valence-electron chi connectivity index (χ1n) is 14.6. The van der Waals surface area contributed by atoms with Crippen LogP contribution in [0.15, 0.2) is 53.7 Å². The second-order valence-corrected chi connectivity index (χ2v) is 10.5. The molecule has 8 N–H and O–H groups in total. The minimum Gasteiger partial charge on any atom is -0.467 e. The van der Waals surface area contributed by atoms with Crippen LogP contribution in [0.4, 0.5) is 4.79 Å². The molecule has 3 atom stereocenters. The van der Waals surface area contributed by atoms with Crippen LogP contribution < -0.4 is 21.7 Å². The highest BCUT2D eigenvalue weighted by molar-refractivity contribution is 6.03. The number of carbonyl (C=O) groups is 4. The van der Waals surface area contributed by atoms with E-state index in [0.29, 0.717) is 34.2 Å². The lowest BCUT2D eigenvalue weighted by atomic mass is 10.0. The molecular weight excluding hydrogens is 598 g/mol. The van der Waals surface area contributed by atoms with Gasteiger partial charge in [0, 0.05) is 28.5 Å². The molecule has 0 fully saturated rings. The number of alkyl carbamates (subject to hydrolysis) is 1. The Morgan fingerprint density at radius 2 is 1.87 bits per heavy atom. The lowest BCUT2D eigenvalue weighted by Gasteiger charge is -2.28. The number of benzene rings is 2. The second-order valence-electron chi connectivity index (χ2n) is 10.5. The number of ether oxygens (including phenoxy) is 2. The number of nitrogens with zero attached hydrogens (tertiary/aromatic N) is 1. The van der Waals surface area contributed by atoms with Crippen LogP contribution in [0.3, 0.4) is 0 Å². The van der Waals surface area contributed by atoms with E-state index in [1.54, 1.807) is 48.5 Å². The van der Waals surface area contributed by atoms with E-state index in [2.05, 4.69) is 26.1 Å². The lowest BCUT2D eigenvalue weighted by Crippen LogP contribution is -2.63. The molecule has 244 valence electrons. The first-order valence-corrected chi connectivity index (χ1v) is 14.6. The molecule has 3 amide bonds. The number of aromatic amines is 1. The quantitative estimate of drug-likeness (QED) is 0.0449. The third kappa shape index (κ3) is 8.18. The number of nitrogens with two attached hydrogens (primary N) is 1. The highest BCUT2D eigenvalue weighted by atomic mass is 16.6. The van der Waals surface area contributed by atoms with Gasteiger partial charge in [-0.2, -0.15) is 0 Å². The monoisotopic (exact) mass is 635 g/mol. The summed E-state index contributed by atoms with van der Waals surface area (Å²) in [5, 5.41) is 29.8. The van der Waals surface area contributed by atoms with Crippen molar-refractivity contribution in [3.63, 3.8) is 0 Å². The highest BCUT2D eigenvalue weighted by Gasteiger charge is 2.36. The summed E-state index contributed by atoms with van der Waals surface area (Å²) in [6.07, 6.45) is -1.72. The molecule has 2 heterocycles. The number of unbranched alkanes of at least 4 members (excludes halogenated alkanes) is 1. The summed E-state index contributed by atoms with van der Waals surface area (Å²) in [6.45, 7) is 1.54. The van der Waals surface area contributed by atoms with E-state index in [1.165, 1.54) is 0 Å². The van der Waals surface area contributed by atoms with Crippen LogP contribution in [0, 0.1) is 5.41 Å². The summed E-state index contributed by atoms with van der Waals surface area (Å²) < 4.78 is 10.0. The Kier molecular flexibility index (Phi) is 11.3. The van der Waals surface area contributed by atoms with Gasteiger partial charge in [-0.25, -0.2) is 9.59 Å². The topological polar surface area (TPSA) is 230 Å². The van der Waals surface area contributed by atoms with E-state index in [1.807, 2.05) is 6.92 Å². The normalized spacial score (nSPS) is 15.2. The lowest BCUT2D eigenvalue weighted by molar-refractivity contribution is -0.144. The van der Waals surface area contributed by atoms with Crippen molar-refractivity contribution in [1.29, 1.82) is 5.41 Å². The van der Waals surface area contributed by atoms with Crippen molar-refractivity contribution < 1.29 is 38.6 Å². The van der Waals surface area contributed by atoms with E-state index in [-0.39, 0.29) is 31.0 Å². The summed E-state index contributed by atoms with van der Waals surface area (Å²) in [7, 11) is 1.09. The summed E-state index contributed by atoms with van der Waals surface area (Å²) in [4.78, 5) is 60.7. The molecule has 2 unspecified atom stereocenters. The first-order chi connectivity index (χ1) is 22.1. The third-order valence-electron chi connectivity index (χ3n) is 7.27. The molecule has 0 aliphatic carbocycles. The number of hydrogen-bond donors (Lipinski definition) is 7. The summed E-state index contributed by atoms with van der Waals surface area (Å²) in [5.74, 6) is -2.43. The Hall–Kier alpha value is -5.44. The molecule has 3 aromatic rings. The van der Waals surface area contributed by atoms with Gasteiger partial charge in [0.25, 0.3) is 5.91 Å². The Balaban J connectivity index is 1.52. The Bertz CT molecular complexity index is 1620. The van der Waals surface area contributed by atoms with Crippen LogP contribution in [0.2, 0.25) is 0 Å². The van der Waals surface area contributed by atoms with Gasteiger partial charge in [0.05, 0.1) is 32.5 Å². The molecule has 4 rings (SSSR count). The molecule has 0 bridgehead atoms. The average molecular weight is 636 g/mol. The fourth-order valence-corrected chi connectivity index (χ4v) is 4.85. The Labute approximate surface area is 264 Å². The van der Waals surface area contributed by atoms with E-state index >= 15 is 0 Å². The predicted molar refractivity (Wildman–Crippen MR) is 167 cm³/mol. The molecular formula is C31H37N7O8. The van der Waals surface area contributed by atoms with Gasteiger partial charge in [-0.05, 0) is 18.1 Å². The zero-order chi connectivity index (χ0) is 33.2. The number of rotatable bonds is 14. The number of carbonyl (C=O) groups excluding carboxylic acids is 4. The minimum atomic E-state index is -1.59. The summed E-state index contributed by atoms with van der Waals surface area (Å²) in [5.41, 5.74) is 8.27. The number of H-pyrrole nitrogens is 1. The fraction of sp³-hybridized carbons (Fsp3) is 0.355. The van der Waals surface area contributed by atoms with Gasteiger partial charge in [0.2, 0.25) is 5.91 Å². The zero-order valence-electron chi connectivity index (χ0n) is 25.4. The summed E-state index contributed by atoms with van der Waals surface area (Å²) in [6, 6.07) is 12.2. The average Bonchev–Trinajstić information content (AvgIpc) is 3.67. The fourth-order valence-electron chi connectivity index (χ4n) is 4.85. The van der Waals surface area contributed by atoms with E-state index in [9.17, 15) is 24.3 Å². The van der Waals surface area contributed by atoms with E-state index in [0.717, 1.165) is 19.1 Å². The summed E-state index contributed by atoms with van der Waals surface area (Å²) >= 11 is 0. The van der Waals surface area contributed by atoms with Gasteiger partial charge >= 0.3 is 12.1 Å². The second kappa shape index (κ2) is 15.5. The number of oxime groups is 1. The van der Waals surface area contributed by atoms with Gasteiger partial charge in [-0.3, -0.25) is 15.0 Å². The van der Waals surface area contributed by atoms with Crippen molar-refractivity contribution in [2.75, 3.05) is 13.7 Å². The number of esters is 1. The van der Waals surface area contributed by atoms with Gasteiger partial charge in [-0.15, -0.1) is 0 Å². The van der Waals surface area contributed by atoms with Crippen LogP contribution in [-0.2, 0) is 30.5 Å². The molecule has 0 radical (unpaired) electrons. The number of aliphatic hydroxyl groups excluding tert-OH is 1. The first kappa shape index (κ1) is 33.5. The number of fused-ring (bicyclic) bond motifs is 1. The van der Waals surface area contributed by atoms with Gasteiger partial charge in [0.1, 0.15) is 23.8 Å². The maximum absolute atomic E-state index is 13.5. The van der Waals surface area contributed by atoms with Gasteiger partial charge in [0.15, 0.2) is 6.04 Å². The number of aliphatic hydroxyl groups is 1. The number of amides is 3. The molecule has 0 saturated heterocycles. The van der Waals surface area contributed by atoms with Crippen LogP contribution >= 0.6 is 0 Å². The van der Waals surface area contributed by atoms with Crippen LogP contribution in [0.5, 0.6) is 0 Å². The number of nitrogens with one attached hydrogen (secondary N) is 5. The zero-order valence-corrected chi connectivity index (χ0v) is 25.4. The maximum atomic E-state index is 13.5. The molecule has 1 aliphatic rings. The molecule has 46 heavy (non-hydrogen) atoms. The Morgan fingerprint density at radius 3 is 2.54 bits per heavy atom. The van der Waals surface area contributed by atoms with Crippen molar-refractivity contribution >= 4 is 46.3 Å². The number of amidine groups is 1. The third-order valence-corrected chi connectivity index (χ3v) is 7.27. The molecule has 2 aromatic carbocycles. The van der Waals surface area contributed by atoms with Crippen LogP contribution in [0.1, 0.15) is 59.8 Å². The highest BCUT2D eigenvalue weighted by Crippen LogP contribution is 2.23. The molecule has 0 saturated carbocycles. The van der Waals surface area contributed by atoms with E-state index in [4.69, 9.17) is 25.5 Å². The van der Waals surface area contributed by atoms with Crippen molar-refractivity contribution in [3.05, 3.63) is 70.9 Å². The Morgan fingerprint density at radius 1 is 1.13 bits per heavy atom. The molecule has 0 spiro atoms. The minimum absolute atomic E-state index is 0.00467. The van der Waals surface area contributed by atoms with Gasteiger partial charge in [-0.1, -0.05) is 61.0 Å². The van der Waals surface area contributed by atoms with Crippen molar-refractivity contribution in [1.82, 2.24) is 20.9 Å². The van der Waals surface area contributed by atoms with Crippen molar-refractivity contribution in [2.24, 2.45) is 10.9 Å². The van der Waals surface area contributed by atoms with Crippen LogP contribution in [0.25, 0.3) is 10.9 Å². The molecule has 1 aliphatic heterocycles. The predicted octanol–water partition coefficient (Wildman–Crippen LogP) is 1.77. The standard InChI is InChI=1S/C31H37N7O8/c1-3-4-13-45-31(43)36-26(30(42)44-2)28(37-29(41)25-21(16-39)20-7-5-6-8-22(20)34-25)35-24(40)15-19-14-23(38-46-19)17-9-11-18(12-10-17)27(32)33/h5-12,19,26,28,34,39H,3-4,13-16H2,1-2H3,(H3,32,33)(H,35,40)(H,36,43)(H,37,41)/t19?,26?,28-/m1/s1.